The summed E-state index contributed by atoms with van der Waals surface area (Å²) in [4.78, 5) is 32.6. The summed E-state index contributed by atoms with van der Waals surface area (Å²) in [6.45, 7) is 0.748. The van der Waals surface area contributed by atoms with Gasteiger partial charge < -0.3 is 10.2 Å². The van der Waals surface area contributed by atoms with Crippen molar-refractivity contribution in [1.82, 2.24) is 15.2 Å². The highest BCUT2D eigenvalue weighted by molar-refractivity contribution is 7.14. The minimum absolute atomic E-state index is 0.130. The molecule has 0 saturated carbocycles. The molecule has 0 spiro atoms. The van der Waals surface area contributed by atoms with Crippen LogP contribution in [0.3, 0.4) is 0 Å². The highest BCUT2D eigenvalue weighted by atomic mass is 32.1. The van der Waals surface area contributed by atoms with Crippen LogP contribution in [0.2, 0.25) is 0 Å². The number of hydrogen-bond acceptors (Lipinski definition) is 5. The second kappa shape index (κ2) is 6.44. The maximum absolute atomic E-state index is 12.6. The molecule has 2 amide bonds. The molecule has 3 aliphatic heterocycles. The van der Waals surface area contributed by atoms with Crippen LogP contribution in [0, 0.1) is 0 Å². The molecule has 6 nitrogen and oxygen atoms in total. The van der Waals surface area contributed by atoms with E-state index in [2.05, 4.69) is 10.3 Å². The van der Waals surface area contributed by atoms with E-state index in [4.69, 9.17) is 0 Å². The molecule has 3 fully saturated rings. The third kappa shape index (κ3) is 3.07. The first-order valence-electron chi connectivity index (χ1n) is 8.86. The summed E-state index contributed by atoms with van der Waals surface area (Å²) in [5, 5.41) is 6.27. The molecule has 2 atom stereocenters. The summed E-state index contributed by atoms with van der Waals surface area (Å²) >= 11 is 1.46. The predicted molar refractivity (Wildman–Crippen MR) is 93.1 cm³/mol. The standard InChI is InChI=1S/C17H24N4O2S/c1-20(14-7-11-4-5-12(8-14)18-11)16(23)9-13-10-24-17(19-13)21-6-2-3-15(21)22/h10-12,14,18H,2-9H2,1H3. The number of amides is 2. The van der Waals surface area contributed by atoms with Crippen molar-refractivity contribution in [3.63, 3.8) is 0 Å². The van der Waals surface area contributed by atoms with Gasteiger partial charge in [-0.2, -0.15) is 0 Å². The van der Waals surface area contributed by atoms with Crippen molar-refractivity contribution in [2.75, 3.05) is 18.5 Å². The van der Waals surface area contributed by atoms with E-state index in [9.17, 15) is 9.59 Å². The summed E-state index contributed by atoms with van der Waals surface area (Å²) in [5.74, 6) is 0.274. The summed E-state index contributed by atoms with van der Waals surface area (Å²) in [5.41, 5.74) is 0.781. The summed E-state index contributed by atoms with van der Waals surface area (Å²) in [6, 6.07) is 1.50. The average molecular weight is 348 g/mol. The van der Waals surface area contributed by atoms with E-state index in [0.29, 0.717) is 31.0 Å². The predicted octanol–water partition coefficient (Wildman–Crippen LogP) is 1.55. The Balaban J connectivity index is 1.37. The Morgan fingerprint density at radius 1 is 1.42 bits per heavy atom. The molecular weight excluding hydrogens is 324 g/mol. The van der Waals surface area contributed by atoms with Crippen molar-refractivity contribution >= 4 is 28.3 Å². The van der Waals surface area contributed by atoms with Gasteiger partial charge in [0.25, 0.3) is 0 Å². The van der Waals surface area contributed by atoms with Crippen molar-refractivity contribution in [3.8, 4) is 0 Å². The first-order chi connectivity index (χ1) is 11.6. The first kappa shape index (κ1) is 16.0. The summed E-state index contributed by atoms with van der Waals surface area (Å²) in [7, 11) is 1.93. The van der Waals surface area contributed by atoms with Crippen LogP contribution in [0.1, 0.15) is 44.2 Å². The Hall–Kier alpha value is -1.47. The molecule has 0 aliphatic carbocycles. The maximum Gasteiger partial charge on any atom is 0.228 e. The van der Waals surface area contributed by atoms with Crippen molar-refractivity contribution in [2.24, 2.45) is 0 Å². The average Bonchev–Trinajstić information content (AvgIpc) is 3.27. The Kier molecular flexibility index (Phi) is 4.30. The molecule has 7 heteroatoms. The zero-order chi connectivity index (χ0) is 16.7. The quantitative estimate of drug-likeness (QED) is 0.897. The summed E-state index contributed by atoms with van der Waals surface area (Å²) < 4.78 is 0. The van der Waals surface area contributed by atoms with Crippen LogP contribution in [-0.2, 0) is 16.0 Å². The van der Waals surface area contributed by atoms with Gasteiger partial charge in [0, 0.05) is 43.5 Å². The molecule has 0 radical (unpaired) electrons. The van der Waals surface area contributed by atoms with E-state index in [1.54, 1.807) is 4.90 Å². The lowest BCUT2D eigenvalue weighted by atomic mass is 9.98. The molecule has 130 valence electrons. The van der Waals surface area contributed by atoms with Gasteiger partial charge in [0.05, 0.1) is 12.1 Å². The van der Waals surface area contributed by atoms with Gasteiger partial charge in [-0.1, -0.05) is 0 Å². The molecule has 3 saturated heterocycles. The number of carbonyl (C=O) groups is 2. The molecule has 0 aromatic carbocycles. The Labute approximate surface area is 146 Å². The van der Waals surface area contributed by atoms with E-state index >= 15 is 0 Å². The lowest BCUT2D eigenvalue weighted by molar-refractivity contribution is -0.132. The molecule has 1 N–H and O–H groups in total. The first-order valence-corrected chi connectivity index (χ1v) is 9.74. The molecule has 3 aliphatic rings. The fraction of sp³-hybridized carbons (Fsp3) is 0.706. The van der Waals surface area contributed by atoms with Crippen LogP contribution in [0.4, 0.5) is 5.13 Å². The van der Waals surface area contributed by atoms with E-state index in [1.165, 1.54) is 24.2 Å². The number of aromatic nitrogens is 1. The molecule has 2 unspecified atom stereocenters. The van der Waals surface area contributed by atoms with Gasteiger partial charge in [-0.3, -0.25) is 14.5 Å². The molecule has 1 aromatic heterocycles. The zero-order valence-electron chi connectivity index (χ0n) is 14.0. The minimum Gasteiger partial charge on any atom is -0.342 e. The number of hydrogen-bond donors (Lipinski definition) is 1. The number of nitrogens with zero attached hydrogens (tertiary/aromatic N) is 3. The van der Waals surface area contributed by atoms with Crippen molar-refractivity contribution in [1.29, 1.82) is 0 Å². The molecular formula is C17H24N4O2S. The van der Waals surface area contributed by atoms with E-state index < -0.39 is 0 Å². The Morgan fingerprint density at radius 3 is 2.83 bits per heavy atom. The van der Waals surface area contributed by atoms with Gasteiger partial charge in [-0.15, -0.1) is 11.3 Å². The number of piperidine rings is 1. The zero-order valence-corrected chi connectivity index (χ0v) is 14.8. The lowest BCUT2D eigenvalue weighted by Crippen LogP contribution is -2.49. The maximum atomic E-state index is 12.6. The van der Waals surface area contributed by atoms with Crippen LogP contribution in [0.15, 0.2) is 5.38 Å². The number of thiazole rings is 1. The van der Waals surface area contributed by atoms with Gasteiger partial charge in [-0.25, -0.2) is 4.98 Å². The van der Waals surface area contributed by atoms with E-state index in [1.807, 2.05) is 17.3 Å². The van der Waals surface area contributed by atoms with Gasteiger partial charge in [-0.05, 0) is 32.1 Å². The number of likely N-dealkylation sites (N-methyl/N-ethyl adjacent to an activating group) is 1. The number of nitrogens with one attached hydrogen (secondary N) is 1. The van der Waals surface area contributed by atoms with E-state index in [0.717, 1.165) is 36.6 Å². The third-order valence-corrected chi connectivity index (χ3v) is 6.48. The number of anilines is 1. The van der Waals surface area contributed by atoms with Gasteiger partial charge in [0.15, 0.2) is 5.13 Å². The fourth-order valence-electron chi connectivity index (χ4n) is 4.18. The number of rotatable bonds is 4. The molecule has 24 heavy (non-hydrogen) atoms. The van der Waals surface area contributed by atoms with Crippen molar-refractivity contribution in [2.45, 2.75) is 63.1 Å². The van der Waals surface area contributed by atoms with Gasteiger partial charge in [0.2, 0.25) is 11.8 Å². The van der Waals surface area contributed by atoms with Crippen LogP contribution in [0.5, 0.6) is 0 Å². The van der Waals surface area contributed by atoms with Crippen LogP contribution in [0.25, 0.3) is 0 Å². The summed E-state index contributed by atoms with van der Waals surface area (Å²) in [6.07, 6.45) is 6.42. The molecule has 4 rings (SSSR count). The number of fused-ring (bicyclic) bond motifs is 2. The largest absolute Gasteiger partial charge is 0.342 e. The highest BCUT2D eigenvalue weighted by Gasteiger charge is 2.36. The monoisotopic (exact) mass is 348 g/mol. The fourth-order valence-corrected chi connectivity index (χ4v) is 5.05. The van der Waals surface area contributed by atoms with Gasteiger partial charge >= 0.3 is 0 Å². The van der Waals surface area contributed by atoms with Gasteiger partial charge in [0.1, 0.15) is 0 Å². The third-order valence-electron chi connectivity index (χ3n) is 5.57. The Bertz CT molecular complexity index is 634. The van der Waals surface area contributed by atoms with Crippen LogP contribution < -0.4 is 10.2 Å². The number of carbonyl (C=O) groups excluding carboxylic acids is 2. The topological polar surface area (TPSA) is 65.5 Å². The van der Waals surface area contributed by atoms with Crippen molar-refractivity contribution < 1.29 is 9.59 Å². The van der Waals surface area contributed by atoms with E-state index in [-0.39, 0.29) is 11.8 Å². The normalized spacial score (nSPS) is 29.3. The Morgan fingerprint density at radius 2 is 2.17 bits per heavy atom. The minimum atomic E-state index is 0.130. The second-order valence-corrected chi connectivity index (χ2v) is 8.05. The van der Waals surface area contributed by atoms with Crippen LogP contribution >= 0.6 is 11.3 Å². The highest BCUT2D eigenvalue weighted by Crippen LogP contribution is 2.30. The molecule has 1 aromatic rings. The second-order valence-electron chi connectivity index (χ2n) is 7.21. The van der Waals surface area contributed by atoms with Crippen molar-refractivity contribution in [3.05, 3.63) is 11.1 Å². The molecule has 2 bridgehead atoms. The van der Waals surface area contributed by atoms with Crippen LogP contribution in [-0.4, -0.2) is 53.4 Å². The molecule has 4 heterocycles. The smallest absolute Gasteiger partial charge is 0.228 e. The SMILES string of the molecule is CN(C(=O)Cc1csc(N2CCCC2=O)n1)C1CC2CCC(C1)N2. The lowest BCUT2D eigenvalue weighted by Gasteiger charge is -2.35.